The van der Waals surface area contributed by atoms with Crippen molar-refractivity contribution in [3.63, 3.8) is 0 Å². The molecular weight excluding hydrogens is 260 g/mol. The summed E-state index contributed by atoms with van der Waals surface area (Å²) in [7, 11) is 2.18. The van der Waals surface area contributed by atoms with E-state index in [1.807, 2.05) is 6.20 Å². The molecule has 0 spiro atoms. The Hall–Kier alpha value is -1.81. The highest BCUT2D eigenvalue weighted by Crippen LogP contribution is 2.23. The number of rotatable bonds is 8. The van der Waals surface area contributed by atoms with E-state index in [0.29, 0.717) is 6.04 Å². The molecule has 0 radical (unpaired) electrons. The Labute approximate surface area is 126 Å². The predicted octanol–water partition coefficient (Wildman–Crippen LogP) is 2.98. The molecule has 0 aliphatic heterocycles. The molecule has 112 valence electrons. The zero-order valence-electron chi connectivity index (χ0n) is 12.7. The molecular formula is C17H24N4. The molecule has 0 unspecified atom stereocenters. The predicted molar refractivity (Wildman–Crippen MR) is 86.3 cm³/mol. The molecule has 1 aliphatic rings. The third-order valence-corrected chi connectivity index (χ3v) is 3.86. The van der Waals surface area contributed by atoms with E-state index in [9.17, 15) is 0 Å². The van der Waals surface area contributed by atoms with E-state index >= 15 is 0 Å². The molecule has 3 rings (SSSR count). The third-order valence-electron chi connectivity index (χ3n) is 3.86. The summed E-state index contributed by atoms with van der Waals surface area (Å²) in [6.07, 6.45) is 7.67. The molecule has 0 amide bonds. The molecule has 0 bridgehead atoms. The molecule has 0 saturated heterocycles. The van der Waals surface area contributed by atoms with Gasteiger partial charge in [0.1, 0.15) is 0 Å². The van der Waals surface area contributed by atoms with Gasteiger partial charge in [-0.3, -0.25) is 0 Å². The fourth-order valence-electron chi connectivity index (χ4n) is 2.53. The van der Waals surface area contributed by atoms with Gasteiger partial charge in [0.15, 0.2) is 0 Å². The van der Waals surface area contributed by atoms with E-state index in [1.165, 1.54) is 18.4 Å². The Morgan fingerprint density at radius 3 is 2.86 bits per heavy atom. The number of nitrogens with zero attached hydrogens (tertiary/aromatic N) is 3. The van der Waals surface area contributed by atoms with Crippen LogP contribution in [0.15, 0.2) is 42.7 Å². The minimum atomic E-state index is 0.659. The highest BCUT2D eigenvalue weighted by Gasteiger charge is 2.22. The quantitative estimate of drug-likeness (QED) is 0.809. The molecule has 4 heteroatoms. The van der Waals surface area contributed by atoms with Gasteiger partial charge in [-0.2, -0.15) is 0 Å². The molecule has 0 atom stereocenters. The number of anilines is 1. The van der Waals surface area contributed by atoms with E-state index in [0.717, 1.165) is 32.0 Å². The zero-order valence-corrected chi connectivity index (χ0v) is 12.7. The van der Waals surface area contributed by atoms with Crippen LogP contribution in [0.2, 0.25) is 0 Å². The SMILES string of the molecule is CN(CCCn1ccnc1NC1CC1)Cc1ccccc1. The van der Waals surface area contributed by atoms with Crippen LogP contribution >= 0.6 is 0 Å². The standard InChI is InChI=1S/C17H24N4/c1-20(14-15-6-3-2-4-7-15)11-5-12-21-13-10-18-17(21)19-16-8-9-16/h2-4,6-7,10,13,16H,5,8-9,11-12,14H2,1H3,(H,18,19). The van der Waals surface area contributed by atoms with Crippen molar-refractivity contribution in [2.24, 2.45) is 0 Å². The number of hydrogen-bond donors (Lipinski definition) is 1. The van der Waals surface area contributed by atoms with Gasteiger partial charge in [0.25, 0.3) is 0 Å². The lowest BCUT2D eigenvalue weighted by Crippen LogP contribution is -2.20. The van der Waals surface area contributed by atoms with Crippen molar-refractivity contribution in [1.29, 1.82) is 0 Å². The van der Waals surface area contributed by atoms with Crippen LogP contribution in [0.4, 0.5) is 5.95 Å². The topological polar surface area (TPSA) is 33.1 Å². The molecule has 1 aliphatic carbocycles. The van der Waals surface area contributed by atoms with Gasteiger partial charge >= 0.3 is 0 Å². The van der Waals surface area contributed by atoms with Gasteiger partial charge in [-0.1, -0.05) is 30.3 Å². The normalized spacial score (nSPS) is 14.6. The summed E-state index contributed by atoms with van der Waals surface area (Å²) in [4.78, 5) is 6.78. The third kappa shape index (κ3) is 4.33. The lowest BCUT2D eigenvalue weighted by molar-refractivity contribution is 0.314. The maximum absolute atomic E-state index is 4.40. The minimum absolute atomic E-state index is 0.659. The van der Waals surface area contributed by atoms with Gasteiger partial charge in [-0.05, 0) is 38.4 Å². The summed E-state index contributed by atoms with van der Waals surface area (Å²) in [5.74, 6) is 1.03. The first-order chi connectivity index (χ1) is 10.3. The second-order valence-electron chi connectivity index (χ2n) is 5.94. The largest absolute Gasteiger partial charge is 0.353 e. The molecule has 1 heterocycles. The van der Waals surface area contributed by atoms with E-state index in [2.05, 4.69) is 63.3 Å². The highest BCUT2D eigenvalue weighted by atomic mass is 15.2. The zero-order chi connectivity index (χ0) is 14.5. The lowest BCUT2D eigenvalue weighted by Gasteiger charge is -2.17. The molecule has 1 N–H and O–H groups in total. The van der Waals surface area contributed by atoms with Gasteiger partial charge < -0.3 is 14.8 Å². The van der Waals surface area contributed by atoms with Crippen LogP contribution in [-0.2, 0) is 13.1 Å². The summed E-state index contributed by atoms with van der Waals surface area (Å²) in [6, 6.07) is 11.3. The van der Waals surface area contributed by atoms with E-state index in [4.69, 9.17) is 0 Å². The molecule has 4 nitrogen and oxygen atoms in total. The Kier molecular flexibility index (Phi) is 4.55. The van der Waals surface area contributed by atoms with Crippen LogP contribution in [0.3, 0.4) is 0 Å². The second kappa shape index (κ2) is 6.76. The summed E-state index contributed by atoms with van der Waals surface area (Å²) in [5.41, 5.74) is 1.37. The van der Waals surface area contributed by atoms with Crippen LogP contribution in [0, 0.1) is 0 Å². The van der Waals surface area contributed by atoms with Crippen molar-refractivity contribution in [2.45, 2.75) is 38.4 Å². The first-order valence-corrected chi connectivity index (χ1v) is 7.81. The number of imidazole rings is 1. The van der Waals surface area contributed by atoms with E-state index in [1.54, 1.807) is 0 Å². The van der Waals surface area contributed by atoms with Crippen LogP contribution in [0.25, 0.3) is 0 Å². The van der Waals surface area contributed by atoms with Crippen molar-refractivity contribution in [3.05, 3.63) is 48.3 Å². The van der Waals surface area contributed by atoms with Crippen molar-refractivity contribution in [2.75, 3.05) is 18.9 Å². The Morgan fingerprint density at radius 1 is 1.29 bits per heavy atom. The van der Waals surface area contributed by atoms with E-state index in [-0.39, 0.29) is 0 Å². The maximum Gasteiger partial charge on any atom is 0.202 e. The van der Waals surface area contributed by atoms with Crippen LogP contribution in [0.1, 0.15) is 24.8 Å². The maximum atomic E-state index is 4.40. The number of aromatic nitrogens is 2. The molecule has 2 aromatic rings. The molecule has 1 aromatic heterocycles. The lowest BCUT2D eigenvalue weighted by atomic mass is 10.2. The average Bonchev–Trinajstić information content (AvgIpc) is 3.19. The van der Waals surface area contributed by atoms with Gasteiger partial charge in [0, 0.05) is 31.5 Å². The minimum Gasteiger partial charge on any atom is -0.353 e. The van der Waals surface area contributed by atoms with Crippen molar-refractivity contribution >= 4 is 5.95 Å². The summed E-state index contributed by atoms with van der Waals surface area (Å²) in [6.45, 7) is 3.13. The summed E-state index contributed by atoms with van der Waals surface area (Å²) < 4.78 is 2.23. The Balaban J connectivity index is 1.42. The Morgan fingerprint density at radius 2 is 2.10 bits per heavy atom. The highest BCUT2D eigenvalue weighted by molar-refractivity contribution is 5.29. The van der Waals surface area contributed by atoms with Crippen LogP contribution in [0.5, 0.6) is 0 Å². The average molecular weight is 284 g/mol. The molecule has 1 saturated carbocycles. The Bertz CT molecular complexity index is 545. The summed E-state index contributed by atoms with van der Waals surface area (Å²) >= 11 is 0. The molecule has 1 aromatic carbocycles. The van der Waals surface area contributed by atoms with Crippen molar-refractivity contribution < 1.29 is 0 Å². The first-order valence-electron chi connectivity index (χ1n) is 7.81. The monoisotopic (exact) mass is 284 g/mol. The fourth-order valence-corrected chi connectivity index (χ4v) is 2.53. The van der Waals surface area contributed by atoms with Gasteiger partial charge in [0.2, 0.25) is 5.95 Å². The van der Waals surface area contributed by atoms with Gasteiger partial charge in [-0.15, -0.1) is 0 Å². The smallest absolute Gasteiger partial charge is 0.202 e. The van der Waals surface area contributed by atoms with Crippen molar-refractivity contribution in [3.8, 4) is 0 Å². The number of nitrogens with one attached hydrogen (secondary N) is 1. The van der Waals surface area contributed by atoms with Crippen LogP contribution in [-0.4, -0.2) is 34.1 Å². The summed E-state index contributed by atoms with van der Waals surface area (Å²) in [5, 5.41) is 3.48. The van der Waals surface area contributed by atoms with Gasteiger partial charge in [-0.25, -0.2) is 4.98 Å². The second-order valence-corrected chi connectivity index (χ2v) is 5.94. The van der Waals surface area contributed by atoms with Crippen molar-refractivity contribution in [1.82, 2.24) is 14.5 Å². The molecule has 21 heavy (non-hydrogen) atoms. The van der Waals surface area contributed by atoms with E-state index < -0.39 is 0 Å². The number of aryl methyl sites for hydroxylation is 1. The fraction of sp³-hybridized carbons (Fsp3) is 0.471. The first kappa shape index (κ1) is 14.1. The number of benzene rings is 1. The van der Waals surface area contributed by atoms with Crippen LogP contribution < -0.4 is 5.32 Å². The molecule has 1 fully saturated rings. The number of hydrogen-bond acceptors (Lipinski definition) is 3. The van der Waals surface area contributed by atoms with Gasteiger partial charge in [0.05, 0.1) is 0 Å².